The lowest BCUT2D eigenvalue weighted by Crippen LogP contribution is -2.38. The second-order valence-electron chi connectivity index (χ2n) is 4.78. The van der Waals surface area contributed by atoms with Gasteiger partial charge in [-0.15, -0.1) is 0 Å². The summed E-state index contributed by atoms with van der Waals surface area (Å²) in [6, 6.07) is 0.531. The fraction of sp³-hybridized carbons (Fsp3) is 0.769. The van der Waals surface area contributed by atoms with Gasteiger partial charge in [0.25, 0.3) is 0 Å². The monoisotopic (exact) mass is 238 g/mol. The fourth-order valence-electron chi connectivity index (χ4n) is 1.70. The van der Waals surface area contributed by atoms with Crippen LogP contribution in [-0.4, -0.2) is 40.6 Å². The van der Waals surface area contributed by atoms with Crippen LogP contribution in [0.4, 0.5) is 0 Å². The molecule has 0 aliphatic carbocycles. The van der Waals surface area contributed by atoms with Crippen molar-refractivity contribution < 1.29 is 0 Å². The van der Waals surface area contributed by atoms with Crippen LogP contribution in [0, 0.1) is 0 Å². The van der Waals surface area contributed by atoms with Gasteiger partial charge in [0, 0.05) is 32.0 Å². The number of likely N-dealkylation sites (N-methyl/N-ethyl adjacent to an activating group) is 1. The molecule has 1 rings (SSSR count). The van der Waals surface area contributed by atoms with Crippen molar-refractivity contribution in [2.75, 3.05) is 20.1 Å². The number of nitrogens with one attached hydrogen (secondary N) is 1. The molecule has 0 aromatic carbocycles. The summed E-state index contributed by atoms with van der Waals surface area (Å²) >= 11 is 0. The molecule has 4 nitrogen and oxygen atoms in total. The number of hydrogen-bond donors (Lipinski definition) is 1. The van der Waals surface area contributed by atoms with Gasteiger partial charge in [-0.05, 0) is 26.9 Å². The van der Waals surface area contributed by atoms with E-state index < -0.39 is 0 Å². The highest BCUT2D eigenvalue weighted by molar-refractivity contribution is 4.91. The maximum absolute atomic E-state index is 4.35. The molecule has 0 aliphatic heterocycles. The average Bonchev–Trinajstić information content (AvgIpc) is 2.70. The second-order valence-corrected chi connectivity index (χ2v) is 4.78. The summed E-state index contributed by atoms with van der Waals surface area (Å²) < 4.78 is 2.08. The molecule has 0 saturated carbocycles. The molecule has 1 atom stereocenters. The van der Waals surface area contributed by atoms with Crippen molar-refractivity contribution in [1.29, 1.82) is 0 Å². The zero-order valence-electron chi connectivity index (χ0n) is 11.6. The molecule has 0 fully saturated rings. The van der Waals surface area contributed by atoms with E-state index in [-0.39, 0.29) is 0 Å². The number of nitrogens with zero attached hydrogens (tertiary/aromatic N) is 3. The van der Waals surface area contributed by atoms with E-state index in [0.717, 1.165) is 25.5 Å². The van der Waals surface area contributed by atoms with Crippen LogP contribution in [0.2, 0.25) is 0 Å². The quantitative estimate of drug-likeness (QED) is 0.699. The molecule has 0 aliphatic rings. The highest BCUT2D eigenvalue weighted by Gasteiger charge is 2.11. The largest absolute Gasteiger partial charge is 0.337 e. The normalized spacial score (nSPS) is 13.2. The molecule has 1 aromatic rings. The highest BCUT2D eigenvalue weighted by Crippen LogP contribution is 2.03. The van der Waals surface area contributed by atoms with Gasteiger partial charge in [-0.25, -0.2) is 4.98 Å². The molecule has 1 unspecified atom stereocenters. The molecular formula is C13H26N4. The van der Waals surface area contributed by atoms with Gasteiger partial charge >= 0.3 is 0 Å². The summed E-state index contributed by atoms with van der Waals surface area (Å²) in [6.07, 6.45) is 6.36. The first-order valence-corrected chi connectivity index (χ1v) is 6.52. The van der Waals surface area contributed by atoms with Crippen LogP contribution in [0.25, 0.3) is 0 Å². The number of rotatable bonds is 8. The Hall–Kier alpha value is -0.870. The van der Waals surface area contributed by atoms with Crippen molar-refractivity contribution in [3.05, 3.63) is 18.2 Å². The molecule has 1 heterocycles. The predicted molar refractivity (Wildman–Crippen MR) is 71.9 cm³/mol. The predicted octanol–water partition coefficient (Wildman–Crippen LogP) is 1.63. The van der Waals surface area contributed by atoms with Crippen LogP contribution in [0.1, 0.15) is 32.5 Å². The Balaban J connectivity index is 2.27. The maximum atomic E-state index is 4.35. The SMILES string of the molecule is CCCCNCC(C)N(C)Cc1nccn1C. The van der Waals surface area contributed by atoms with Crippen molar-refractivity contribution >= 4 is 0 Å². The van der Waals surface area contributed by atoms with Crippen molar-refractivity contribution in [3.63, 3.8) is 0 Å². The number of imidazole rings is 1. The standard InChI is InChI=1S/C13H26N4/c1-5-6-7-14-10-12(2)17(4)11-13-15-8-9-16(13)3/h8-9,12,14H,5-7,10-11H2,1-4H3. The highest BCUT2D eigenvalue weighted by atomic mass is 15.2. The van der Waals surface area contributed by atoms with Crippen LogP contribution in [-0.2, 0) is 13.6 Å². The Labute approximate surface area is 105 Å². The molecule has 0 bridgehead atoms. The smallest absolute Gasteiger partial charge is 0.122 e. The van der Waals surface area contributed by atoms with Gasteiger partial charge < -0.3 is 9.88 Å². The molecule has 98 valence electrons. The first-order chi connectivity index (χ1) is 8.15. The lowest BCUT2D eigenvalue weighted by atomic mass is 10.2. The third-order valence-corrected chi connectivity index (χ3v) is 3.21. The molecule has 0 amide bonds. The van der Waals surface area contributed by atoms with Crippen LogP contribution < -0.4 is 5.32 Å². The molecule has 0 saturated heterocycles. The van der Waals surface area contributed by atoms with Gasteiger partial charge in [-0.2, -0.15) is 0 Å². The minimum atomic E-state index is 0.531. The van der Waals surface area contributed by atoms with Crippen molar-refractivity contribution in [1.82, 2.24) is 19.8 Å². The second kappa shape index (κ2) is 7.45. The fourth-order valence-corrected chi connectivity index (χ4v) is 1.70. The Kier molecular flexibility index (Phi) is 6.22. The van der Waals surface area contributed by atoms with Crippen molar-refractivity contribution in [2.24, 2.45) is 7.05 Å². The van der Waals surface area contributed by atoms with E-state index in [9.17, 15) is 0 Å². The zero-order chi connectivity index (χ0) is 12.7. The van der Waals surface area contributed by atoms with E-state index in [1.807, 2.05) is 19.4 Å². The Morgan fingerprint density at radius 2 is 2.29 bits per heavy atom. The first kappa shape index (κ1) is 14.2. The summed E-state index contributed by atoms with van der Waals surface area (Å²) in [5, 5.41) is 3.49. The minimum absolute atomic E-state index is 0.531. The summed E-state index contributed by atoms with van der Waals surface area (Å²) in [7, 11) is 4.20. The van der Waals surface area contributed by atoms with Gasteiger partial charge in [0.2, 0.25) is 0 Å². The van der Waals surface area contributed by atoms with E-state index in [1.165, 1.54) is 12.8 Å². The van der Waals surface area contributed by atoms with Gasteiger partial charge in [-0.3, -0.25) is 4.90 Å². The van der Waals surface area contributed by atoms with E-state index in [0.29, 0.717) is 6.04 Å². The molecule has 1 N–H and O–H groups in total. The zero-order valence-corrected chi connectivity index (χ0v) is 11.6. The van der Waals surface area contributed by atoms with Gasteiger partial charge in [0.1, 0.15) is 5.82 Å². The van der Waals surface area contributed by atoms with Crippen molar-refractivity contribution in [3.8, 4) is 0 Å². The summed E-state index contributed by atoms with van der Waals surface area (Å²) in [5.74, 6) is 1.12. The van der Waals surface area contributed by atoms with Gasteiger partial charge in [-0.1, -0.05) is 13.3 Å². The van der Waals surface area contributed by atoms with Gasteiger partial charge in [0.15, 0.2) is 0 Å². The average molecular weight is 238 g/mol. The Morgan fingerprint density at radius 1 is 1.53 bits per heavy atom. The molecule has 1 aromatic heterocycles. The topological polar surface area (TPSA) is 33.1 Å². The third-order valence-electron chi connectivity index (χ3n) is 3.21. The third kappa shape index (κ3) is 4.88. The lowest BCUT2D eigenvalue weighted by Gasteiger charge is -2.24. The molecule has 17 heavy (non-hydrogen) atoms. The Morgan fingerprint density at radius 3 is 2.88 bits per heavy atom. The minimum Gasteiger partial charge on any atom is -0.337 e. The molecule has 0 spiro atoms. The summed E-state index contributed by atoms with van der Waals surface area (Å²) in [4.78, 5) is 6.68. The lowest BCUT2D eigenvalue weighted by molar-refractivity contribution is 0.235. The van der Waals surface area contributed by atoms with Crippen LogP contribution in [0.15, 0.2) is 12.4 Å². The van der Waals surface area contributed by atoms with Crippen LogP contribution in [0.3, 0.4) is 0 Å². The number of hydrogen-bond acceptors (Lipinski definition) is 3. The van der Waals surface area contributed by atoms with E-state index in [2.05, 4.69) is 40.7 Å². The summed E-state index contributed by atoms with van der Waals surface area (Å²) in [6.45, 7) is 7.54. The number of unbranched alkanes of at least 4 members (excludes halogenated alkanes) is 1. The molecule has 4 heteroatoms. The first-order valence-electron chi connectivity index (χ1n) is 6.52. The van der Waals surface area contributed by atoms with Crippen LogP contribution in [0.5, 0.6) is 0 Å². The van der Waals surface area contributed by atoms with E-state index in [1.54, 1.807) is 0 Å². The summed E-state index contributed by atoms with van der Waals surface area (Å²) in [5.41, 5.74) is 0. The Bertz CT molecular complexity index is 308. The molecular weight excluding hydrogens is 212 g/mol. The van der Waals surface area contributed by atoms with E-state index in [4.69, 9.17) is 0 Å². The maximum Gasteiger partial charge on any atom is 0.122 e. The van der Waals surface area contributed by atoms with Crippen LogP contribution >= 0.6 is 0 Å². The van der Waals surface area contributed by atoms with Crippen molar-refractivity contribution in [2.45, 2.75) is 39.3 Å². The van der Waals surface area contributed by atoms with E-state index >= 15 is 0 Å². The molecule has 0 radical (unpaired) electrons. The number of aromatic nitrogens is 2. The number of aryl methyl sites for hydroxylation is 1. The van der Waals surface area contributed by atoms with Gasteiger partial charge in [0.05, 0.1) is 6.54 Å².